The zero-order valence-electron chi connectivity index (χ0n) is 14.1. The van der Waals surface area contributed by atoms with E-state index in [4.69, 9.17) is 14.7 Å². The molecule has 1 aliphatic heterocycles. The molecule has 0 saturated heterocycles. The Morgan fingerprint density at radius 2 is 2.28 bits per heavy atom. The third kappa shape index (κ3) is 4.17. The van der Waals surface area contributed by atoms with E-state index in [1.807, 2.05) is 24.4 Å². The molecule has 25 heavy (non-hydrogen) atoms. The summed E-state index contributed by atoms with van der Waals surface area (Å²) in [5, 5.41) is 8.85. The van der Waals surface area contributed by atoms with Crippen LogP contribution in [0.4, 0.5) is 0 Å². The van der Waals surface area contributed by atoms with E-state index in [-0.39, 0.29) is 12.0 Å². The Balaban J connectivity index is 1.75. The predicted octanol–water partition coefficient (Wildman–Crippen LogP) is 1.58. The van der Waals surface area contributed by atoms with Gasteiger partial charge in [-0.25, -0.2) is 4.98 Å². The third-order valence-electron chi connectivity index (χ3n) is 4.13. The molecule has 1 unspecified atom stereocenters. The van der Waals surface area contributed by atoms with Gasteiger partial charge in [0.05, 0.1) is 38.2 Å². The number of nitriles is 1. The van der Waals surface area contributed by atoms with Gasteiger partial charge >= 0.3 is 0 Å². The molecule has 0 radical (unpaired) electrons. The Bertz CT molecular complexity index is 763. The van der Waals surface area contributed by atoms with Crippen LogP contribution in [-0.2, 0) is 22.6 Å². The molecule has 3 rings (SSSR count). The van der Waals surface area contributed by atoms with E-state index in [1.54, 1.807) is 24.1 Å². The van der Waals surface area contributed by atoms with Crippen LogP contribution >= 0.6 is 0 Å². The highest BCUT2D eigenvalue weighted by atomic mass is 16.5. The van der Waals surface area contributed by atoms with Crippen LogP contribution in [-0.4, -0.2) is 46.7 Å². The molecule has 2 aromatic heterocycles. The van der Waals surface area contributed by atoms with Crippen LogP contribution in [0.2, 0.25) is 0 Å². The minimum atomic E-state index is -0.222. The number of carbonyl (C=O) groups excluding carboxylic acids is 1. The summed E-state index contributed by atoms with van der Waals surface area (Å²) in [6, 6.07) is 9.36. The molecule has 0 aromatic carbocycles. The number of amides is 1. The lowest BCUT2D eigenvalue weighted by Gasteiger charge is -2.24. The van der Waals surface area contributed by atoms with Crippen molar-refractivity contribution in [2.75, 3.05) is 20.3 Å². The summed E-state index contributed by atoms with van der Waals surface area (Å²) in [6.07, 6.45) is 3.59. The number of nitrogens with zero attached hydrogens (tertiary/aromatic N) is 4. The van der Waals surface area contributed by atoms with E-state index >= 15 is 0 Å². The first kappa shape index (κ1) is 17.0. The van der Waals surface area contributed by atoms with Crippen LogP contribution in [0.5, 0.6) is 5.88 Å². The molecule has 1 atom stereocenters. The lowest BCUT2D eigenvalue weighted by molar-refractivity contribution is -0.133. The molecular formula is C18H20N4O3. The maximum atomic E-state index is 12.5. The molecule has 0 fully saturated rings. The SMILES string of the molecule is COCCC(=O)N1Cc2cccn2CC(Oc2ccc(C#N)cn2)C1. The molecule has 0 aliphatic carbocycles. The summed E-state index contributed by atoms with van der Waals surface area (Å²) < 4.78 is 13.1. The van der Waals surface area contributed by atoms with Crippen LogP contribution in [0.25, 0.3) is 0 Å². The van der Waals surface area contributed by atoms with Gasteiger partial charge in [0.2, 0.25) is 11.8 Å². The van der Waals surface area contributed by atoms with Gasteiger partial charge in [0.15, 0.2) is 0 Å². The molecule has 7 heteroatoms. The van der Waals surface area contributed by atoms with E-state index in [0.29, 0.717) is 44.1 Å². The van der Waals surface area contributed by atoms with Gasteiger partial charge in [-0.1, -0.05) is 0 Å². The molecule has 1 amide bonds. The number of hydrogen-bond donors (Lipinski definition) is 0. The fourth-order valence-electron chi connectivity index (χ4n) is 2.85. The number of carbonyl (C=O) groups is 1. The Labute approximate surface area is 146 Å². The van der Waals surface area contributed by atoms with E-state index in [0.717, 1.165) is 5.69 Å². The van der Waals surface area contributed by atoms with Crippen LogP contribution in [0.1, 0.15) is 17.7 Å². The van der Waals surface area contributed by atoms with Crippen molar-refractivity contribution in [2.45, 2.75) is 25.6 Å². The maximum absolute atomic E-state index is 12.5. The molecule has 0 bridgehead atoms. The van der Waals surface area contributed by atoms with Crippen molar-refractivity contribution in [1.82, 2.24) is 14.5 Å². The number of ether oxygens (including phenoxy) is 2. The third-order valence-corrected chi connectivity index (χ3v) is 4.13. The van der Waals surface area contributed by atoms with Crippen molar-refractivity contribution in [2.24, 2.45) is 0 Å². The van der Waals surface area contributed by atoms with E-state index in [2.05, 4.69) is 9.55 Å². The van der Waals surface area contributed by atoms with Crippen molar-refractivity contribution < 1.29 is 14.3 Å². The van der Waals surface area contributed by atoms with Crippen LogP contribution < -0.4 is 4.74 Å². The second-order valence-electron chi connectivity index (χ2n) is 5.91. The highest BCUT2D eigenvalue weighted by molar-refractivity contribution is 5.76. The van der Waals surface area contributed by atoms with Crippen molar-refractivity contribution in [1.29, 1.82) is 5.26 Å². The van der Waals surface area contributed by atoms with Crippen molar-refractivity contribution in [3.63, 3.8) is 0 Å². The monoisotopic (exact) mass is 340 g/mol. The second kappa shape index (κ2) is 7.81. The van der Waals surface area contributed by atoms with Crippen LogP contribution in [0.15, 0.2) is 36.7 Å². The zero-order valence-corrected chi connectivity index (χ0v) is 14.1. The van der Waals surface area contributed by atoms with Crippen LogP contribution in [0.3, 0.4) is 0 Å². The Hall–Kier alpha value is -2.85. The summed E-state index contributed by atoms with van der Waals surface area (Å²) in [5.41, 5.74) is 1.56. The minimum absolute atomic E-state index is 0.0397. The first-order chi connectivity index (χ1) is 12.2. The molecule has 1 aliphatic rings. The molecule has 0 spiro atoms. The topological polar surface area (TPSA) is 80.4 Å². The van der Waals surface area contributed by atoms with Gasteiger partial charge in [-0.2, -0.15) is 5.26 Å². The number of pyridine rings is 1. The largest absolute Gasteiger partial charge is 0.471 e. The van der Waals surface area contributed by atoms with Gasteiger partial charge in [-0.3, -0.25) is 4.79 Å². The van der Waals surface area contributed by atoms with Gasteiger partial charge < -0.3 is 18.9 Å². The average molecular weight is 340 g/mol. The summed E-state index contributed by atoms with van der Waals surface area (Å²) >= 11 is 0. The number of methoxy groups -OCH3 is 1. The average Bonchev–Trinajstić information content (AvgIpc) is 2.99. The fourth-order valence-corrected chi connectivity index (χ4v) is 2.85. The smallest absolute Gasteiger partial charge is 0.225 e. The number of aromatic nitrogens is 2. The van der Waals surface area contributed by atoms with E-state index < -0.39 is 0 Å². The van der Waals surface area contributed by atoms with Gasteiger partial charge in [0.1, 0.15) is 12.2 Å². The van der Waals surface area contributed by atoms with Crippen molar-refractivity contribution in [3.8, 4) is 11.9 Å². The lowest BCUT2D eigenvalue weighted by Crippen LogP contribution is -2.39. The Kier molecular flexibility index (Phi) is 5.31. The maximum Gasteiger partial charge on any atom is 0.225 e. The molecule has 130 valence electrons. The van der Waals surface area contributed by atoms with Gasteiger partial charge in [-0.15, -0.1) is 0 Å². The second-order valence-corrected chi connectivity index (χ2v) is 5.91. The summed E-state index contributed by atoms with van der Waals surface area (Å²) in [4.78, 5) is 18.4. The molecule has 3 heterocycles. The fraction of sp³-hybridized carbons (Fsp3) is 0.389. The summed E-state index contributed by atoms with van der Waals surface area (Å²) in [6.45, 7) is 2.07. The molecule has 0 N–H and O–H groups in total. The molecule has 0 saturated carbocycles. The van der Waals surface area contributed by atoms with Gasteiger partial charge in [0, 0.05) is 31.3 Å². The molecule has 2 aromatic rings. The number of hydrogen-bond acceptors (Lipinski definition) is 5. The highest BCUT2D eigenvalue weighted by Crippen LogP contribution is 2.18. The predicted molar refractivity (Wildman–Crippen MR) is 89.7 cm³/mol. The molecule has 7 nitrogen and oxygen atoms in total. The number of rotatable bonds is 5. The normalized spacial score (nSPS) is 16.6. The first-order valence-corrected chi connectivity index (χ1v) is 8.13. The Morgan fingerprint density at radius 1 is 1.40 bits per heavy atom. The first-order valence-electron chi connectivity index (χ1n) is 8.13. The number of fused-ring (bicyclic) bond motifs is 1. The van der Waals surface area contributed by atoms with Gasteiger partial charge in [0.25, 0.3) is 0 Å². The van der Waals surface area contributed by atoms with Gasteiger partial charge in [-0.05, 0) is 18.2 Å². The summed E-state index contributed by atoms with van der Waals surface area (Å²) in [5.74, 6) is 0.488. The van der Waals surface area contributed by atoms with E-state index in [9.17, 15) is 4.79 Å². The minimum Gasteiger partial charge on any atom is -0.471 e. The van der Waals surface area contributed by atoms with E-state index in [1.165, 1.54) is 6.20 Å². The van der Waals surface area contributed by atoms with Crippen LogP contribution in [0, 0.1) is 11.3 Å². The van der Waals surface area contributed by atoms with Crippen molar-refractivity contribution >= 4 is 5.91 Å². The zero-order chi connectivity index (χ0) is 17.6. The highest BCUT2D eigenvalue weighted by Gasteiger charge is 2.26. The lowest BCUT2D eigenvalue weighted by atomic mass is 10.3. The summed E-state index contributed by atoms with van der Waals surface area (Å²) in [7, 11) is 1.59. The standard InChI is InChI=1S/C18H20N4O3/c1-24-8-6-18(23)22-11-15-3-2-7-21(15)12-16(13-22)25-17-5-4-14(9-19)10-20-17/h2-5,7,10,16H,6,8,11-13H2,1H3. The quantitative estimate of drug-likeness (QED) is 0.825. The Morgan fingerprint density at radius 3 is 3.00 bits per heavy atom. The van der Waals surface area contributed by atoms with Crippen molar-refractivity contribution in [3.05, 3.63) is 47.9 Å². The molecular weight excluding hydrogens is 320 g/mol.